The van der Waals surface area contributed by atoms with Crippen molar-refractivity contribution in [2.24, 2.45) is 16.9 Å². The van der Waals surface area contributed by atoms with E-state index in [1.54, 1.807) is 42.5 Å². The Labute approximate surface area is 141 Å². The van der Waals surface area contributed by atoms with Gasteiger partial charge in [0, 0.05) is 29.4 Å². The van der Waals surface area contributed by atoms with Gasteiger partial charge in [0.2, 0.25) is 0 Å². The quantitative estimate of drug-likeness (QED) is 0.865. The number of nitrogens with two attached hydrogens (primary N) is 2. The predicted molar refractivity (Wildman–Crippen MR) is 92.2 cm³/mol. The van der Waals surface area contributed by atoms with Crippen LogP contribution in [0, 0.1) is 5.41 Å². The zero-order valence-electron chi connectivity index (χ0n) is 12.5. The Morgan fingerprint density at radius 3 is 2.22 bits per heavy atom. The van der Waals surface area contributed by atoms with E-state index in [4.69, 9.17) is 23.1 Å². The van der Waals surface area contributed by atoms with Gasteiger partial charge in [-0.05, 0) is 29.8 Å². The Hall–Kier alpha value is -1.40. The van der Waals surface area contributed by atoms with Crippen LogP contribution in [0.1, 0.15) is 11.5 Å². The second-order valence-electron chi connectivity index (χ2n) is 5.95. The normalized spacial score (nSPS) is 22.7. The molecule has 2 aromatic rings. The molecule has 2 atom stereocenters. The van der Waals surface area contributed by atoms with Crippen molar-refractivity contribution in [2.75, 3.05) is 13.1 Å². The molecule has 2 aromatic carbocycles. The molecule has 0 aromatic heterocycles. The molecule has 3 rings (SSSR count). The van der Waals surface area contributed by atoms with Crippen molar-refractivity contribution in [3.8, 4) is 0 Å². The van der Waals surface area contributed by atoms with Gasteiger partial charge in [0.25, 0.3) is 0 Å². The lowest BCUT2D eigenvalue weighted by Crippen LogP contribution is -2.31. The second-order valence-corrected chi connectivity index (χ2v) is 8.46. The molecule has 0 saturated heterocycles. The van der Waals surface area contributed by atoms with Gasteiger partial charge >= 0.3 is 0 Å². The molecule has 0 heterocycles. The fourth-order valence-corrected chi connectivity index (χ4v) is 6.17. The molecule has 1 aliphatic carbocycles. The summed E-state index contributed by atoms with van der Waals surface area (Å²) in [4.78, 5) is 0.306. The first-order valence-corrected chi connectivity index (χ1v) is 9.34. The van der Waals surface area contributed by atoms with Gasteiger partial charge in [-0.3, -0.25) is 0 Å². The number of hydrogen-bond donors (Lipinski definition) is 2. The molecule has 4 N–H and O–H groups in total. The molecule has 23 heavy (non-hydrogen) atoms. The minimum Gasteiger partial charge on any atom is -0.330 e. The Kier molecular flexibility index (Phi) is 4.23. The van der Waals surface area contributed by atoms with E-state index in [2.05, 4.69) is 0 Å². The molecule has 1 fully saturated rings. The average Bonchev–Trinajstić information content (AvgIpc) is 3.26. The van der Waals surface area contributed by atoms with Gasteiger partial charge in [-0.1, -0.05) is 41.9 Å². The van der Waals surface area contributed by atoms with Crippen LogP contribution in [0.4, 0.5) is 0 Å². The van der Waals surface area contributed by atoms with Crippen molar-refractivity contribution in [3.05, 3.63) is 65.2 Å². The summed E-state index contributed by atoms with van der Waals surface area (Å²) in [6, 6.07) is 15.7. The third-order valence-corrected chi connectivity index (χ3v) is 7.33. The van der Waals surface area contributed by atoms with Crippen LogP contribution in [0.5, 0.6) is 0 Å². The van der Waals surface area contributed by atoms with Crippen molar-refractivity contribution < 1.29 is 8.42 Å². The predicted octanol–water partition coefficient (Wildman–Crippen LogP) is 2.18. The minimum absolute atomic E-state index is 0.220. The van der Waals surface area contributed by atoms with E-state index in [0.717, 1.165) is 5.56 Å². The monoisotopic (exact) mass is 350 g/mol. The Bertz CT molecular complexity index is 804. The highest BCUT2D eigenvalue weighted by molar-refractivity contribution is 7.92. The summed E-state index contributed by atoms with van der Waals surface area (Å²) < 4.78 is 26.1. The fraction of sp³-hybridized carbons (Fsp3) is 0.294. The number of halogens is 1. The molecule has 6 heteroatoms. The van der Waals surface area contributed by atoms with Crippen LogP contribution in [0.2, 0.25) is 5.02 Å². The summed E-state index contributed by atoms with van der Waals surface area (Å²) >= 11 is 6.06. The standard InChI is InChI=1S/C17H19ClN2O2S/c18-13-6-4-5-12(9-13)15-16(17(15,10-19)11-20)23(21,22)14-7-2-1-3-8-14/h1-9,15-16H,10-11,19-20H2/t15-,16-/m0/s1. The van der Waals surface area contributed by atoms with Gasteiger partial charge in [0.05, 0.1) is 10.1 Å². The molecule has 0 unspecified atom stereocenters. The summed E-state index contributed by atoms with van der Waals surface area (Å²) in [5.41, 5.74) is 12.1. The van der Waals surface area contributed by atoms with Gasteiger partial charge in [-0.25, -0.2) is 8.42 Å². The lowest BCUT2D eigenvalue weighted by molar-refractivity contribution is 0.510. The zero-order valence-corrected chi connectivity index (χ0v) is 14.1. The highest BCUT2D eigenvalue weighted by atomic mass is 35.5. The number of benzene rings is 2. The lowest BCUT2D eigenvalue weighted by Gasteiger charge is -2.13. The van der Waals surface area contributed by atoms with Crippen molar-refractivity contribution in [1.82, 2.24) is 0 Å². The summed E-state index contributed by atoms with van der Waals surface area (Å²) in [6.07, 6.45) is 0. The summed E-state index contributed by atoms with van der Waals surface area (Å²) in [5, 5.41) is -0.0425. The summed E-state index contributed by atoms with van der Waals surface area (Å²) in [5.74, 6) is -0.235. The highest BCUT2D eigenvalue weighted by Gasteiger charge is 2.69. The first-order valence-electron chi connectivity index (χ1n) is 7.42. The summed E-state index contributed by atoms with van der Waals surface area (Å²) in [6.45, 7) is 0.439. The molecule has 122 valence electrons. The maximum atomic E-state index is 13.1. The van der Waals surface area contributed by atoms with Crippen LogP contribution in [0.15, 0.2) is 59.5 Å². The molecule has 0 spiro atoms. The Balaban J connectivity index is 2.07. The van der Waals surface area contributed by atoms with Gasteiger partial charge in [0.15, 0.2) is 9.84 Å². The molecule has 0 bridgehead atoms. The molecule has 4 nitrogen and oxygen atoms in total. The van der Waals surface area contributed by atoms with Crippen molar-refractivity contribution in [1.29, 1.82) is 0 Å². The molecular weight excluding hydrogens is 332 g/mol. The smallest absolute Gasteiger partial charge is 0.182 e. The van der Waals surface area contributed by atoms with Crippen molar-refractivity contribution in [2.45, 2.75) is 16.1 Å². The highest BCUT2D eigenvalue weighted by Crippen LogP contribution is 2.63. The number of hydrogen-bond acceptors (Lipinski definition) is 4. The maximum Gasteiger partial charge on any atom is 0.182 e. The van der Waals surface area contributed by atoms with E-state index in [1.807, 2.05) is 12.1 Å². The SMILES string of the molecule is NCC1(CN)[C@@H](c2cccc(Cl)c2)[C@@H]1S(=O)(=O)c1ccccc1. The topological polar surface area (TPSA) is 86.2 Å². The average molecular weight is 351 g/mol. The van der Waals surface area contributed by atoms with Crippen LogP contribution in [0.25, 0.3) is 0 Å². The largest absolute Gasteiger partial charge is 0.330 e. The van der Waals surface area contributed by atoms with Crippen LogP contribution >= 0.6 is 11.6 Å². The number of sulfone groups is 1. The van der Waals surface area contributed by atoms with Crippen molar-refractivity contribution >= 4 is 21.4 Å². The molecular formula is C17H19ClN2O2S. The lowest BCUT2D eigenvalue weighted by atomic mass is 9.99. The van der Waals surface area contributed by atoms with Gasteiger partial charge in [0.1, 0.15) is 0 Å². The number of rotatable bonds is 5. The van der Waals surface area contributed by atoms with Crippen LogP contribution in [-0.4, -0.2) is 26.8 Å². The third-order valence-electron chi connectivity index (χ3n) is 4.75. The van der Waals surface area contributed by atoms with E-state index in [9.17, 15) is 8.42 Å². The Morgan fingerprint density at radius 2 is 1.65 bits per heavy atom. The first kappa shape index (κ1) is 16.5. The van der Waals surface area contributed by atoms with Crippen molar-refractivity contribution in [3.63, 3.8) is 0 Å². The third kappa shape index (κ3) is 2.58. The van der Waals surface area contributed by atoms with E-state index in [1.165, 1.54) is 0 Å². The van der Waals surface area contributed by atoms with E-state index in [-0.39, 0.29) is 19.0 Å². The van der Waals surface area contributed by atoms with E-state index < -0.39 is 20.5 Å². The zero-order chi connectivity index (χ0) is 16.7. The summed E-state index contributed by atoms with van der Waals surface area (Å²) in [7, 11) is -3.51. The second kappa shape index (κ2) is 5.91. The first-order chi connectivity index (χ1) is 11.0. The Morgan fingerprint density at radius 1 is 1.00 bits per heavy atom. The molecule has 0 amide bonds. The molecule has 1 saturated carbocycles. The van der Waals surface area contributed by atoms with Crippen LogP contribution in [0.3, 0.4) is 0 Å². The van der Waals surface area contributed by atoms with Gasteiger partial charge < -0.3 is 11.5 Å². The van der Waals surface area contributed by atoms with E-state index in [0.29, 0.717) is 9.92 Å². The van der Waals surface area contributed by atoms with Crippen LogP contribution < -0.4 is 11.5 Å². The minimum atomic E-state index is -3.51. The maximum absolute atomic E-state index is 13.1. The molecule has 0 aliphatic heterocycles. The molecule has 0 radical (unpaired) electrons. The van der Waals surface area contributed by atoms with Gasteiger partial charge in [-0.2, -0.15) is 0 Å². The van der Waals surface area contributed by atoms with Gasteiger partial charge in [-0.15, -0.1) is 0 Å². The van der Waals surface area contributed by atoms with Crippen LogP contribution in [-0.2, 0) is 9.84 Å². The molecule has 1 aliphatic rings. The van der Waals surface area contributed by atoms with E-state index >= 15 is 0 Å². The fourth-order valence-electron chi connectivity index (χ4n) is 3.47.